The van der Waals surface area contributed by atoms with Gasteiger partial charge in [0.25, 0.3) is 11.6 Å². The number of nitrogens with zero attached hydrogens (tertiary/aromatic N) is 2. The molecule has 0 saturated heterocycles. The molecule has 30 heavy (non-hydrogen) atoms. The number of carbonyl (C=O) groups excluding carboxylic acids is 1. The second-order valence-electron chi connectivity index (χ2n) is 5.98. The van der Waals surface area contributed by atoms with E-state index in [9.17, 15) is 33.3 Å². The third-order valence-electron chi connectivity index (χ3n) is 4.04. The molecule has 3 rings (SSSR count). The molecule has 1 aliphatic rings. The number of halogens is 3. The van der Waals surface area contributed by atoms with Gasteiger partial charge in [-0.1, -0.05) is 18.2 Å². The molecule has 0 bridgehead atoms. The number of alkyl halides is 3. The Hall–Kier alpha value is -4.07. The van der Waals surface area contributed by atoms with E-state index in [1.165, 1.54) is 18.2 Å². The molecule has 0 atom stereocenters. The van der Waals surface area contributed by atoms with Gasteiger partial charge in [-0.05, 0) is 17.7 Å². The van der Waals surface area contributed by atoms with E-state index in [0.717, 1.165) is 30.3 Å². The molecular weight excluding hydrogens is 407 g/mol. The molecule has 0 aromatic heterocycles. The molecule has 0 fully saturated rings. The first kappa shape index (κ1) is 20.7. The predicted molar refractivity (Wildman–Crippen MR) is 97.8 cm³/mol. The van der Waals surface area contributed by atoms with Crippen molar-refractivity contribution in [2.45, 2.75) is 6.18 Å². The summed E-state index contributed by atoms with van der Waals surface area (Å²) < 4.78 is 50.0. The van der Waals surface area contributed by atoms with Crippen molar-refractivity contribution >= 4 is 23.4 Å². The molecule has 0 saturated carbocycles. The first-order valence-electron chi connectivity index (χ1n) is 8.38. The summed E-state index contributed by atoms with van der Waals surface area (Å²) in [5.74, 6) is -0.859. The van der Waals surface area contributed by atoms with E-state index < -0.39 is 39.4 Å². The Morgan fingerprint density at radius 2 is 1.83 bits per heavy atom. The topological polar surface area (TPSA) is 114 Å². The molecule has 1 N–H and O–H groups in total. The Bertz CT molecular complexity index is 1090. The van der Waals surface area contributed by atoms with Crippen LogP contribution in [-0.4, -0.2) is 24.0 Å². The fourth-order valence-corrected chi connectivity index (χ4v) is 2.70. The van der Waals surface area contributed by atoms with Gasteiger partial charge in [0.1, 0.15) is 30.5 Å². The highest BCUT2D eigenvalue weighted by molar-refractivity contribution is 6.10. The van der Waals surface area contributed by atoms with Crippen molar-refractivity contribution in [3.05, 3.63) is 63.2 Å². The molecule has 1 amide bonds. The maximum Gasteiger partial charge on any atom is 0.416 e. The molecule has 2 aromatic rings. The van der Waals surface area contributed by atoms with Gasteiger partial charge in [-0.3, -0.25) is 14.9 Å². The molecule has 0 aliphatic carbocycles. The van der Waals surface area contributed by atoms with Crippen molar-refractivity contribution in [3.63, 3.8) is 0 Å². The Morgan fingerprint density at radius 1 is 1.20 bits per heavy atom. The van der Waals surface area contributed by atoms with Gasteiger partial charge in [-0.15, -0.1) is 0 Å². The van der Waals surface area contributed by atoms with E-state index in [2.05, 4.69) is 5.32 Å². The van der Waals surface area contributed by atoms with Crippen molar-refractivity contribution < 1.29 is 32.4 Å². The van der Waals surface area contributed by atoms with E-state index >= 15 is 0 Å². The third-order valence-corrected chi connectivity index (χ3v) is 4.04. The third kappa shape index (κ3) is 4.33. The van der Waals surface area contributed by atoms with Crippen LogP contribution < -0.4 is 14.8 Å². The highest BCUT2D eigenvalue weighted by Gasteiger charge is 2.33. The number of carbonyl (C=O) groups is 1. The summed E-state index contributed by atoms with van der Waals surface area (Å²) in [5.41, 5.74) is -2.92. The standard InChI is InChI=1S/C19H12F3N3O5/c20-19(21,22)13-4-2-1-3-11(13)7-12(10-23)18(26)24-14-8-16-17(30-6-5-29-16)9-15(14)25(27)28/h1-4,7-9H,5-6H2,(H,24,26)/b12-7-. The van der Waals surface area contributed by atoms with Gasteiger partial charge in [-0.2, -0.15) is 18.4 Å². The van der Waals surface area contributed by atoms with E-state index in [0.29, 0.717) is 0 Å². The number of ether oxygens (including phenoxy) is 2. The van der Waals surface area contributed by atoms with Crippen molar-refractivity contribution in [1.29, 1.82) is 5.26 Å². The molecule has 1 heterocycles. The number of nitro benzene ring substituents is 1. The number of nitriles is 1. The van der Waals surface area contributed by atoms with E-state index in [-0.39, 0.29) is 30.4 Å². The number of hydrogen-bond acceptors (Lipinski definition) is 6. The van der Waals surface area contributed by atoms with E-state index in [1.54, 1.807) is 0 Å². The number of amides is 1. The van der Waals surface area contributed by atoms with Gasteiger partial charge in [0.2, 0.25) is 0 Å². The van der Waals surface area contributed by atoms with Crippen LogP contribution in [-0.2, 0) is 11.0 Å². The smallest absolute Gasteiger partial charge is 0.416 e. The highest BCUT2D eigenvalue weighted by atomic mass is 19.4. The van der Waals surface area contributed by atoms with Crippen LogP contribution in [0.2, 0.25) is 0 Å². The normalized spacial score (nSPS) is 13.3. The SMILES string of the molecule is N#C/C(=C/c1ccccc1C(F)(F)F)C(=O)Nc1cc2c(cc1[N+](=O)[O-])OCCO2. The zero-order chi connectivity index (χ0) is 21.9. The van der Waals surface area contributed by atoms with Crippen LogP contribution in [0, 0.1) is 21.4 Å². The molecular formula is C19H12F3N3O5. The van der Waals surface area contributed by atoms with Crippen LogP contribution in [0.5, 0.6) is 11.5 Å². The molecule has 2 aromatic carbocycles. The Morgan fingerprint density at radius 3 is 2.43 bits per heavy atom. The lowest BCUT2D eigenvalue weighted by molar-refractivity contribution is -0.384. The molecule has 0 spiro atoms. The van der Waals surface area contributed by atoms with Crippen LogP contribution in [0.1, 0.15) is 11.1 Å². The molecule has 11 heteroatoms. The summed E-state index contributed by atoms with van der Waals surface area (Å²) in [7, 11) is 0. The Balaban J connectivity index is 1.97. The summed E-state index contributed by atoms with van der Waals surface area (Å²) in [6.45, 7) is 0.381. The highest BCUT2D eigenvalue weighted by Crippen LogP contribution is 2.39. The van der Waals surface area contributed by atoms with E-state index in [1.807, 2.05) is 0 Å². The molecule has 154 valence electrons. The monoisotopic (exact) mass is 419 g/mol. The summed E-state index contributed by atoms with van der Waals surface area (Å²) >= 11 is 0. The van der Waals surface area contributed by atoms with Crippen LogP contribution >= 0.6 is 0 Å². The quantitative estimate of drug-likeness (QED) is 0.348. The summed E-state index contributed by atoms with van der Waals surface area (Å²) in [6.07, 6.45) is -3.93. The van der Waals surface area contributed by atoms with Gasteiger partial charge in [0, 0.05) is 6.07 Å². The largest absolute Gasteiger partial charge is 0.486 e. The van der Waals surface area contributed by atoms with Gasteiger partial charge >= 0.3 is 6.18 Å². The predicted octanol–water partition coefficient (Wildman–Crippen LogP) is 3.93. The fourth-order valence-electron chi connectivity index (χ4n) is 2.70. The number of benzene rings is 2. The van der Waals surface area contributed by atoms with Crippen LogP contribution in [0.25, 0.3) is 6.08 Å². The molecule has 0 radical (unpaired) electrons. The second kappa shape index (κ2) is 8.12. The molecule has 8 nitrogen and oxygen atoms in total. The molecule has 0 unspecified atom stereocenters. The number of nitrogens with one attached hydrogen (secondary N) is 1. The zero-order valence-corrected chi connectivity index (χ0v) is 15.0. The summed E-state index contributed by atoms with van der Waals surface area (Å²) in [5, 5.41) is 22.8. The van der Waals surface area contributed by atoms with Crippen molar-refractivity contribution in [2.24, 2.45) is 0 Å². The zero-order valence-electron chi connectivity index (χ0n) is 15.0. The number of rotatable bonds is 4. The minimum Gasteiger partial charge on any atom is -0.486 e. The lowest BCUT2D eigenvalue weighted by atomic mass is 10.0. The maximum atomic E-state index is 13.1. The van der Waals surface area contributed by atoms with Gasteiger partial charge in [0.15, 0.2) is 11.5 Å². The number of nitro groups is 1. The Kier molecular flexibility index (Phi) is 5.59. The summed E-state index contributed by atoms with van der Waals surface area (Å²) in [6, 6.07) is 8.12. The minimum absolute atomic E-state index is 0.112. The van der Waals surface area contributed by atoms with E-state index in [4.69, 9.17) is 9.47 Å². The maximum absolute atomic E-state index is 13.1. The minimum atomic E-state index is -4.70. The lowest BCUT2D eigenvalue weighted by Gasteiger charge is -2.19. The van der Waals surface area contributed by atoms with Gasteiger partial charge in [0.05, 0.1) is 16.6 Å². The second-order valence-corrected chi connectivity index (χ2v) is 5.98. The number of fused-ring (bicyclic) bond motifs is 1. The first-order chi connectivity index (χ1) is 14.2. The molecule has 1 aliphatic heterocycles. The van der Waals surface area contributed by atoms with Crippen molar-refractivity contribution in [1.82, 2.24) is 0 Å². The van der Waals surface area contributed by atoms with Crippen LogP contribution in [0.4, 0.5) is 24.5 Å². The lowest BCUT2D eigenvalue weighted by Crippen LogP contribution is -2.18. The van der Waals surface area contributed by atoms with Gasteiger partial charge in [-0.25, -0.2) is 0 Å². The average molecular weight is 419 g/mol. The average Bonchev–Trinajstić information content (AvgIpc) is 2.70. The first-order valence-corrected chi connectivity index (χ1v) is 8.38. The number of anilines is 1. The van der Waals surface area contributed by atoms with Crippen molar-refractivity contribution in [2.75, 3.05) is 18.5 Å². The van der Waals surface area contributed by atoms with Crippen LogP contribution in [0.15, 0.2) is 42.0 Å². The van der Waals surface area contributed by atoms with Crippen LogP contribution in [0.3, 0.4) is 0 Å². The Labute approximate surface area is 167 Å². The fraction of sp³-hybridized carbons (Fsp3) is 0.158. The van der Waals surface area contributed by atoms with Crippen molar-refractivity contribution in [3.8, 4) is 17.6 Å². The number of hydrogen-bond donors (Lipinski definition) is 1. The summed E-state index contributed by atoms with van der Waals surface area (Å²) in [4.78, 5) is 23.0. The van der Waals surface area contributed by atoms with Gasteiger partial charge < -0.3 is 14.8 Å².